The average molecular weight is 442 g/mol. The summed E-state index contributed by atoms with van der Waals surface area (Å²) in [5.41, 5.74) is 0. The molecular formula is C24H43NO6. The molecule has 0 fully saturated rings. The zero-order chi connectivity index (χ0) is 23.4. The summed E-state index contributed by atoms with van der Waals surface area (Å²) in [7, 11) is 0. The van der Waals surface area contributed by atoms with Crippen LogP contribution >= 0.6 is 0 Å². The predicted molar refractivity (Wildman–Crippen MR) is 119 cm³/mol. The van der Waals surface area contributed by atoms with Gasteiger partial charge in [0.15, 0.2) is 0 Å². The maximum Gasteiger partial charge on any atom is 0.303 e. The number of nitrogens with zero attached hydrogens (tertiary/aromatic N) is 1. The Morgan fingerprint density at radius 3 is 1.61 bits per heavy atom. The number of carbonyl (C=O) groups is 3. The Balaban J connectivity index is 4.77. The molecule has 0 aromatic rings. The highest BCUT2D eigenvalue weighted by Gasteiger charge is 2.24. The molecule has 0 rings (SSSR count). The third-order valence-electron chi connectivity index (χ3n) is 5.62. The van der Waals surface area contributed by atoms with Crippen LogP contribution in [0.3, 0.4) is 0 Å². The van der Waals surface area contributed by atoms with E-state index < -0.39 is 17.9 Å². The fourth-order valence-electron chi connectivity index (χ4n) is 3.88. The third kappa shape index (κ3) is 18.6. The topological polar surface area (TPSA) is 115 Å². The first-order chi connectivity index (χ1) is 14.8. The van der Waals surface area contributed by atoms with E-state index in [0.29, 0.717) is 43.4 Å². The normalized spacial score (nSPS) is 11.8. The van der Waals surface area contributed by atoms with E-state index in [1.165, 1.54) is 44.9 Å². The van der Waals surface area contributed by atoms with Gasteiger partial charge in [-0.25, -0.2) is 0 Å². The van der Waals surface area contributed by atoms with Crippen LogP contribution in [0.4, 0.5) is 0 Å². The molecule has 180 valence electrons. The maximum absolute atomic E-state index is 10.9. The van der Waals surface area contributed by atoms with Gasteiger partial charge in [-0.1, -0.05) is 51.9 Å². The summed E-state index contributed by atoms with van der Waals surface area (Å²) in [6, 6.07) is 0. The van der Waals surface area contributed by atoms with Crippen molar-refractivity contribution in [2.45, 2.75) is 103 Å². The van der Waals surface area contributed by atoms with Gasteiger partial charge in [0.25, 0.3) is 0 Å². The lowest BCUT2D eigenvalue weighted by atomic mass is 10.1. The molecule has 2 N–H and O–H groups in total. The van der Waals surface area contributed by atoms with Gasteiger partial charge in [-0.3, -0.25) is 14.1 Å². The van der Waals surface area contributed by atoms with Gasteiger partial charge >= 0.3 is 11.9 Å². The van der Waals surface area contributed by atoms with Crippen LogP contribution in [0, 0.1) is 0 Å². The summed E-state index contributed by atoms with van der Waals surface area (Å²) in [5, 5.41) is 28.8. The van der Waals surface area contributed by atoms with Crippen LogP contribution in [0.5, 0.6) is 0 Å². The molecule has 0 aliphatic heterocycles. The van der Waals surface area contributed by atoms with E-state index in [9.17, 15) is 19.5 Å². The highest BCUT2D eigenvalue weighted by molar-refractivity contribution is 5.66. The smallest absolute Gasteiger partial charge is 0.303 e. The molecule has 0 aromatic carbocycles. The number of carboxylic acids is 3. The first kappa shape index (κ1) is 29.1. The Kier molecular flexibility index (Phi) is 17.7. The third-order valence-corrected chi connectivity index (χ3v) is 5.62. The van der Waals surface area contributed by atoms with Gasteiger partial charge in [0, 0.05) is 25.2 Å². The van der Waals surface area contributed by atoms with Crippen LogP contribution in [0.15, 0.2) is 12.3 Å². The highest BCUT2D eigenvalue weighted by atomic mass is 16.4. The Labute approximate surface area is 187 Å². The maximum atomic E-state index is 10.9. The van der Waals surface area contributed by atoms with Gasteiger partial charge in [0.2, 0.25) is 0 Å². The van der Waals surface area contributed by atoms with E-state index in [1.54, 1.807) is 0 Å². The van der Waals surface area contributed by atoms with E-state index in [4.69, 9.17) is 10.2 Å². The van der Waals surface area contributed by atoms with Crippen molar-refractivity contribution in [2.24, 2.45) is 0 Å². The number of unbranched alkanes of at least 4 members (excludes halogenated alkanes) is 8. The molecule has 0 bridgehead atoms. The molecule has 0 saturated heterocycles. The minimum atomic E-state index is -1.10. The van der Waals surface area contributed by atoms with Crippen molar-refractivity contribution in [3.8, 4) is 0 Å². The molecule has 0 aliphatic carbocycles. The SMILES string of the molecule is CCCCCCCCCC/C=C/[N+](CCCC(=O)[O-])(CCCC(=O)O)CCCC(=O)O. The van der Waals surface area contributed by atoms with Crippen molar-refractivity contribution in [1.29, 1.82) is 0 Å². The molecule has 0 unspecified atom stereocenters. The van der Waals surface area contributed by atoms with Gasteiger partial charge in [-0.05, 0) is 25.3 Å². The molecule has 31 heavy (non-hydrogen) atoms. The van der Waals surface area contributed by atoms with Crippen molar-refractivity contribution in [3.63, 3.8) is 0 Å². The number of aliphatic carboxylic acids is 3. The summed E-state index contributed by atoms with van der Waals surface area (Å²) in [6.45, 7) is 3.88. The number of hydrogen-bond donors (Lipinski definition) is 2. The van der Waals surface area contributed by atoms with Gasteiger partial charge in [-0.15, -0.1) is 0 Å². The number of quaternary nitrogens is 1. The number of hydrogen-bond acceptors (Lipinski definition) is 4. The van der Waals surface area contributed by atoms with Crippen LogP contribution in [-0.4, -0.2) is 52.2 Å². The van der Waals surface area contributed by atoms with Crippen molar-refractivity contribution >= 4 is 17.9 Å². The van der Waals surface area contributed by atoms with Crippen molar-refractivity contribution in [3.05, 3.63) is 12.3 Å². The predicted octanol–water partition coefficient (Wildman–Crippen LogP) is 4.11. The van der Waals surface area contributed by atoms with Crippen LogP contribution in [0.2, 0.25) is 0 Å². The van der Waals surface area contributed by atoms with Gasteiger partial charge in [0.05, 0.1) is 38.7 Å². The lowest BCUT2D eigenvalue weighted by molar-refractivity contribution is -0.880. The molecule has 0 atom stereocenters. The largest absolute Gasteiger partial charge is 0.550 e. The van der Waals surface area contributed by atoms with Crippen molar-refractivity contribution in [1.82, 2.24) is 0 Å². The zero-order valence-corrected chi connectivity index (χ0v) is 19.4. The minimum Gasteiger partial charge on any atom is -0.550 e. The lowest BCUT2D eigenvalue weighted by Gasteiger charge is -2.35. The van der Waals surface area contributed by atoms with E-state index >= 15 is 0 Å². The van der Waals surface area contributed by atoms with Crippen LogP contribution in [0.1, 0.15) is 103 Å². The Hall–Kier alpha value is -1.89. The second-order valence-electron chi connectivity index (χ2n) is 8.51. The molecule has 0 heterocycles. The van der Waals surface area contributed by atoms with E-state index in [-0.39, 0.29) is 19.3 Å². The molecule has 0 spiro atoms. The summed E-state index contributed by atoms with van der Waals surface area (Å²) >= 11 is 0. The van der Waals surface area contributed by atoms with E-state index in [0.717, 1.165) is 12.8 Å². The monoisotopic (exact) mass is 441 g/mol. The quantitative estimate of drug-likeness (QED) is 0.193. The molecule has 7 heteroatoms. The Morgan fingerprint density at radius 1 is 0.710 bits per heavy atom. The molecule has 0 radical (unpaired) electrons. The van der Waals surface area contributed by atoms with Gasteiger partial charge in [0.1, 0.15) is 0 Å². The fourth-order valence-corrected chi connectivity index (χ4v) is 3.88. The Bertz CT molecular complexity index is 482. The molecule has 0 saturated carbocycles. The summed E-state index contributed by atoms with van der Waals surface area (Å²) < 4.78 is 0.435. The van der Waals surface area contributed by atoms with Gasteiger partial charge < -0.3 is 20.1 Å². The second-order valence-corrected chi connectivity index (χ2v) is 8.51. The number of allylic oxidation sites excluding steroid dienone is 1. The fraction of sp³-hybridized carbons (Fsp3) is 0.792. The number of carboxylic acid groups (broad SMARTS) is 3. The number of rotatable bonds is 22. The van der Waals surface area contributed by atoms with Crippen molar-refractivity contribution in [2.75, 3.05) is 19.6 Å². The molecule has 0 aliphatic rings. The van der Waals surface area contributed by atoms with E-state index in [2.05, 4.69) is 19.2 Å². The molecule has 0 amide bonds. The highest BCUT2D eigenvalue weighted by Crippen LogP contribution is 2.18. The minimum absolute atomic E-state index is 0.0469. The average Bonchev–Trinajstić information content (AvgIpc) is 2.68. The van der Waals surface area contributed by atoms with Crippen LogP contribution in [-0.2, 0) is 14.4 Å². The number of carbonyl (C=O) groups excluding carboxylic acids is 1. The zero-order valence-electron chi connectivity index (χ0n) is 19.4. The lowest BCUT2D eigenvalue weighted by Crippen LogP contribution is -2.46. The van der Waals surface area contributed by atoms with Crippen LogP contribution in [0.25, 0.3) is 0 Å². The molecular weight excluding hydrogens is 398 g/mol. The van der Waals surface area contributed by atoms with E-state index in [1.807, 2.05) is 0 Å². The summed E-state index contributed by atoms with van der Waals surface area (Å²) in [5.74, 6) is -2.82. The Morgan fingerprint density at radius 2 is 1.16 bits per heavy atom. The van der Waals surface area contributed by atoms with Crippen LogP contribution < -0.4 is 5.11 Å². The van der Waals surface area contributed by atoms with Crippen molar-refractivity contribution < 1.29 is 34.2 Å². The molecule has 0 aromatic heterocycles. The standard InChI is InChI=1S/C24H43NO6/c1-2-3-4-5-6-7-8-9-10-11-18-25(19-12-15-22(26)27,20-13-16-23(28)29)21-14-17-24(30)31/h11,18H,2-10,12-17,19-21H2,1H3,(H2-,26,27,28,29,30,31)/b18-11+. The first-order valence-electron chi connectivity index (χ1n) is 12.0. The molecule has 7 nitrogen and oxygen atoms in total. The first-order valence-corrected chi connectivity index (χ1v) is 12.0. The second kappa shape index (κ2) is 18.8. The van der Waals surface area contributed by atoms with Gasteiger partial charge in [-0.2, -0.15) is 0 Å². The summed E-state index contributed by atoms with van der Waals surface area (Å²) in [4.78, 5) is 32.7. The summed E-state index contributed by atoms with van der Waals surface area (Å²) in [6.07, 6.45) is 16.5.